The molecule has 2 aromatic rings. The quantitative estimate of drug-likeness (QED) is 0.891. The van der Waals surface area contributed by atoms with Crippen LogP contribution >= 0.6 is 27.3 Å². The second kappa shape index (κ2) is 4.65. The van der Waals surface area contributed by atoms with E-state index in [9.17, 15) is 4.39 Å². The molecule has 1 atom stereocenters. The van der Waals surface area contributed by atoms with Gasteiger partial charge in [-0.25, -0.2) is 4.39 Å². The van der Waals surface area contributed by atoms with Crippen LogP contribution in [0.5, 0.6) is 0 Å². The van der Waals surface area contributed by atoms with Crippen molar-refractivity contribution in [3.63, 3.8) is 0 Å². The lowest BCUT2D eigenvalue weighted by atomic mass is 10.0. The average Bonchev–Trinajstić information content (AvgIpc) is 2.63. The minimum atomic E-state index is -0.416. The normalized spacial score (nSPS) is 12.8. The maximum Gasteiger partial charge on any atom is 0.128 e. The fourth-order valence-electron chi connectivity index (χ4n) is 1.57. The van der Waals surface area contributed by atoms with Gasteiger partial charge in [0.25, 0.3) is 0 Å². The second-order valence-electron chi connectivity index (χ2n) is 3.68. The van der Waals surface area contributed by atoms with Gasteiger partial charge in [0, 0.05) is 15.4 Å². The van der Waals surface area contributed by atoms with Crippen LogP contribution in [0.1, 0.15) is 22.7 Å². The smallest absolute Gasteiger partial charge is 0.128 e. The largest absolute Gasteiger partial charge is 0.320 e. The lowest BCUT2D eigenvalue weighted by Gasteiger charge is -2.13. The van der Waals surface area contributed by atoms with Gasteiger partial charge in [-0.05, 0) is 45.4 Å². The molecule has 0 aliphatic heterocycles. The number of nitrogens with two attached hydrogens (primary N) is 1. The molecule has 2 N–H and O–H groups in total. The molecule has 0 aliphatic rings. The first kappa shape index (κ1) is 11.8. The Morgan fingerprint density at radius 1 is 1.31 bits per heavy atom. The highest BCUT2D eigenvalue weighted by atomic mass is 79.9. The number of benzene rings is 1. The molecular formula is C12H11BrFNS. The van der Waals surface area contributed by atoms with Gasteiger partial charge in [-0.1, -0.05) is 12.1 Å². The molecule has 0 spiro atoms. The van der Waals surface area contributed by atoms with Crippen LogP contribution < -0.4 is 5.73 Å². The minimum absolute atomic E-state index is 0.245. The lowest BCUT2D eigenvalue weighted by Crippen LogP contribution is -2.13. The monoisotopic (exact) mass is 299 g/mol. The van der Waals surface area contributed by atoms with Crippen molar-refractivity contribution in [3.8, 4) is 0 Å². The number of hydrogen-bond donors (Lipinski definition) is 1. The minimum Gasteiger partial charge on any atom is -0.320 e. The van der Waals surface area contributed by atoms with E-state index < -0.39 is 6.04 Å². The molecule has 16 heavy (non-hydrogen) atoms. The fourth-order valence-corrected chi connectivity index (χ4v) is 3.15. The van der Waals surface area contributed by atoms with Crippen LogP contribution in [0, 0.1) is 12.7 Å². The van der Waals surface area contributed by atoms with E-state index in [1.54, 1.807) is 17.4 Å². The van der Waals surface area contributed by atoms with E-state index in [4.69, 9.17) is 5.73 Å². The maximum absolute atomic E-state index is 13.7. The summed E-state index contributed by atoms with van der Waals surface area (Å²) in [6, 6.07) is 4.72. The van der Waals surface area contributed by atoms with Gasteiger partial charge >= 0.3 is 0 Å². The SMILES string of the molecule is Cc1ccc(C(N)c2cscc2Br)c(F)c1. The Morgan fingerprint density at radius 2 is 2.06 bits per heavy atom. The summed E-state index contributed by atoms with van der Waals surface area (Å²) in [6.07, 6.45) is 0. The summed E-state index contributed by atoms with van der Waals surface area (Å²) in [5.74, 6) is -0.245. The maximum atomic E-state index is 13.7. The van der Waals surface area contributed by atoms with E-state index in [1.165, 1.54) is 6.07 Å². The number of aryl methyl sites for hydroxylation is 1. The highest BCUT2D eigenvalue weighted by Gasteiger charge is 2.16. The van der Waals surface area contributed by atoms with Gasteiger partial charge in [-0.15, -0.1) is 0 Å². The lowest BCUT2D eigenvalue weighted by molar-refractivity contribution is 0.598. The summed E-state index contributed by atoms with van der Waals surface area (Å²) in [5.41, 5.74) is 8.41. The van der Waals surface area contributed by atoms with E-state index in [0.717, 1.165) is 15.6 Å². The van der Waals surface area contributed by atoms with E-state index in [-0.39, 0.29) is 5.82 Å². The van der Waals surface area contributed by atoms with Gasteiger partial charge in [0.15, 0.2) is 0 Å². The van der Waals surface area contributed by atoms with Crippen molar-refractivity contribution >= 4 is 27.3 Å². The van der Waals surface area contributed by atoms with Gasteiger partial charge in [0.1, 0.15) is 5.82 Å². The Labute approximate surface area is 106 Å². The molecule has 1 aromatic heterocycles. The molecule has 0 saturated carbocycles. The Bertz CT molecular complexity index is 509. The summed E-state index contributed by atoms with van der Waals surface area (Å²) in [4.78, 5) is 0. The highest BCUT2D eigenvalue weighted by Crippen LogP contribution is 2.31. The third kappa shape index (κ3) is 2.19. The first-order valence-electron chi connectivity index (χ1n) is 4.83. The molecule has 1 unspecified atom stereocenters. The zero-order valence-electron chi connectivity index (χ0n) is 8.71. The Kier molecular flexibility index (Phi) is 3.42. The van der Waals surface area contributed by atoms with Crippen molar-refractivity contribution in [2.24, 2.45) is 5.73 Å². The molecule has 0 radical (unpaired) electrons. The zero-order chi connectivity index (χ0) is 11.7. The van der Waals surface area contributed by atoms with Gasteiger partial charge in [0.2, 0.25) is 0 Å². The number of halogens is 2. The van der Waals surface area contributed by atoms with Crippen molar-refractivity contribution in [1.82, 2.24) is 0 Å². The summed E-state index contributed by atoms with van der Waals surface area (Å²) in [6.45, 7) is 1.86. The number of rotatable bonds is 2. The predicted molar refractivity (Wildman–Crippen MR) is 69.2 cm³/mol. The van der Waals surface area contributed by atoms with Crippen LogP contribution in [-0.4, -0.2) is 0 Å². The zero-order valence-corrected chi connectivity index (χ0v) is 11.1. The Morgan fingerprint density at radius 3 is 2.62 bits per heavy atom. The van der Waals surface area contributed by atoms with Crippen molar-refractivity contribution in [2.45, 2.75) is 13.0 Å². The molecular weight excluding hydrogens is 289 g/mol. The van der Waals surface area contributed by atoms with Gasteiger partial charge < -0.3 is 5.73 Å². The number of hydrogen-bond acceptors (Lipinski definition) is 2. The molecule has 2 rings (SSSR count). The molecule has 84 valence electrons. The molecule has 0 amide bonds. The van der Waals surface area contributed by atoms with Crippen LogP contribution in [0.15, 0.2) is 33.4 Å². The molecule has 0 bridgehead atoms. The predicted octanol–water partition coefficient (Wildman–Crippen LogP) is 4.01. The highest BCUT2D eigenvalue weighted by molar-refractivity contribution is 9.10. The second-order valence-corrected chi connectivity index (χ2v) is 5.28. The molecule has 1 nitrogen and oxygen atoms in total. The van der Waals surface area contributed by atoms with Gasteiger partial charge in [-0.2, -0.15) is 11.3 Å². The Balaban J connectivity index is 2.41. The fraction of sp³-hybridized carbons (Fsp3) is 0.167. The first-order valence-corrected chi connectivity index (χ1v) is 6.56. The summed E-state index contributed by atoms with van der Waals surface area (Å²) in [7, 11) is 0. The van der Waals surface area contributed by atoms with Crippen molar-refractivity contribution in [1.29, 1.82) is 0 Å². The van der Waals surface area contributed by atoms with Crippen LogP contribution in [0.4, 0.5) is 4.39 Å². The summed E-state index contributed by atoms with van der Waals surface area (Å²) in [5, 5.41) is 3.88. The van der Waals surface area contributed by atoms with Crippen LogP contribution in [0.3, 0.4) is 0 Å². The Hall–Kier alpha value is -0.710. The van der Waals surface area contributed by atoms with Crippen molar-refractivity contribution in [3.05, 3.63) is 55.9 Å². The molecule has 0 fully saturated rings. The molecule has 4 heteroatoms. The third-order valence-corrected chi connectivity index (χ3v) is 4.22. The average molecular weight is 300 g/mol. The molecule has 1 heterocycles. The van der Waals surface area contributed by atoms with E-state index in [2.05, 4.69) is 15.9 Å². The van der Waals surface area contributed by atoms with Crippen molar-refractivity contribution < 1.29 is 4.39 Å². The van der Waals surface area contributed by atoms with Gasteiger partial charge in [0.05, 0.1) is 6.04 Å². The standard InChI is InChI=1S/C12H11BrFNS/c1-7-2-3-8(11(14)4-7)12(15)9-5-16-6-10(9)13/h2-6,12H,15H2,1H3. The molecule has 0 aliphatic carbocycles. The van der Waals surface area contributed by atoms with E-state index in [0.29, 0.717) is 5.56 Å². The topological polar surface area (TPSA) is 26.0 Å². The van der Waals surface area contributed by atoms with E-state index in [1.807, 2.05) is 23.8 Å². The van der Waals surface area contributed by atoms with Gasteiger partial charge in [-0.3, -0.25) is 0 Å². The number of thiophene rings is 1. The third-order valence-electron chi connectivity index (χ3n) is 2.47. The summed E-state index contributed by atoms with van der Waals surface area (Å²) >= 11 is 4.96. The molecule has 1 aromatic carbocycles. The first-order chi connectivity index (χ1) is 7.59. The molecule has 0 saturated heterocycles. The summed E-state index contributed by atoms with van der Waals surface area (Å²) < 4.78 is 14.7. The van der Waals surface area contributed by atoms with Crippen LogP contribution in [-0.2, 0) is 0 Å². The van der Waals surface area contributed by atoms with Crippen LogP contribution in [0.25, 0.3) is 0 Å². The van der Waals surface area contributed by atoms with Crippen molar-refractivity contribution in [2.75, 3.05) is 0 Å². The van der Waals surface area contributed by atoms with Crippen LogP contribution in [0.2, 0.25) is 0 Å². The van der Waals surface area contributed by atoms with E-state index >= 15 is 0 Å².